The summed E-state index contributed by atoms with van der Waals surface area (Å²) in [5, 5.41) is 3.97. The molecule has 1 aliphatic heterocycles. The summed E-state index contributed by atoms with van der Waals surface area (Å²) in [5.41, 5.74) is 1.43. The summed E-state index contributed by atoms with van der Waals surface area (Å²) in [5.74, 6) is 0.604. The van der Waals surface area contributed by atoms with Crippen LogP contribution in [-0.4, -0.2) is 40.9 Å². The van der Waals surface area contributed by atoms with Crippen molar-refractivity contribution < 1.29 is 12.9 Å². The average Bonchev–Trinajstić information content (AvgIpc) is 3.19. The van der Waals surface area contributed by atoms with E-state index in [0.717, 1.165) is 12.0 Å². The quantitative estimate of drug-likeness (QED) is 0.720. The molecule has 28 heavy (non-hydrogen) atoms. The molecule has 0 spiro atoms. The molecule has 1 atom stereocenters. The van der Waals surface area contributed by atoms with Crippen LogP contribution in [0.1, 0.15) is 30.2 Å². The molecule has 1 aliphatic rings. The third kappa shape index (κ3) is 3.63. The number of piperidine rings is 1. The smallest absolute Gasteiger partial charge is 0.247 e. The van der Waals surface area contributed by atoms with Gasteiger partial charge in [0.15, 0.2) is 0 Å². The minimum absolute atomic E-state index is 0.169. The van der Waals surface area contributed by atoms with Gasteiger partial charge < -0.3 is 9.51 Å². The highest BCUT2D eigenvalue weighted by molar-refractivity contribution is 7.89. The second-order valence-corrected chi connectivity index (χ2v) is 8.85. The number of nitrogens with one attached hydrogen (secondary N) is 1. The second kappa shape index (κ2) is 7.33. The van der Waals surface area contributed by atoms with Crippen LogP contribution in [0, 0.1) is 6.92 Å². The summed E-state index contributed by atoms with van der Waals surface area (Å²) < 4.78 is 32.8. The SMILES string of the molecule is Cc1ccc(S(=O)(=O)N2CCC[C@H](c3nc(-c4ccc(=O)[nH]c4)no3)C2)cc1. The Morgan fingerprint density at radius 1 is 1.18 bits per heavy atom. The maximum atomic E-state index is 13.0. The first kappa shape index (κ1) is 18.6. The number of H-pyrrole nitrogens is 1. The molecule has 2 aromatic heterocycles. The van der Waals surface area contributed by atoms with Crippen molar-refractivity contribution in [2.45, 2.75) is 30.6 Å². The summed E-state index contributed by atoms with van der Waals surface area (Å²) in [6.07, 6.45) is 3.01. The van der Waals surface area contributed by atoms with E-state index in [2.05, 4.69) is 15.1 Å². The van der Waals surface area contributed by atoms with Crippen LogP contribution in [0.3, 0.4) is 0 Å². The summed E-state index contributed by atoms with van der Waals surface area (Å²) in [6.45, 7) is 2.68. The summed E-state index contributed by atoms with van der Waals surface area (Å²) in [4.78, 5) is 18.5. The van der Waals surface area contributed by atoms with Crippen LogP contribution in [0.2, 0.25) is 0 Å². The Morgan fingerprint density at radius 2 is 1.96 bits per heavy atom. The third-order valence-corrected chi connectivity index (χ3v) is 6.76. The molecule has 1 N–H and O–H groups in total. The zero-order chi connectivity index (χ0) is 19.7. The lowest BCUT2D eigenvalue weighted by atomic mass is 10.00. The van der Waals surface area contributed by atoms with Crippen molar-refractivity contribution >= 4 is 10.0 Å². The Balaban J connectivity index is 1.55. The molecular formula is C19H20N4O4S. The van der Waals surface area contributed by atoms with E-state index < -0.39 is 10.0 Å². The fourth-order valence-corrected chi connectivity index (χ4v) is 4.81. The van der Waals surface area contributed by atoms with Gasteiger partial charge in [0, 0.05) is 30.9 Å². The Kier molecular flexibility index (Phi) is 4.86. The number of benzene rings is 1. The molecule has 0 bridgehead atoms. The molecule has 1 saturated heterocycles. The molecule has 0 unspecified atom stereocenters. The number of nitrogens with zero attached hydrogens (tertiary/aromatic N) is 3. The molecule has 9 heteroatoms. The number of pyridine rings is 1. The van der Waals surface area contributed by atoms with Gasteiger partial charge >= 0.3 is 0 Å². The third-order valence-electron chi connectivity index (χ3n) is 4.88. The monoisotopic (exact) mass is 400 g/mol. The highest BCUT2D eigenvalue weighted by atomic mass is 32.2. The van der Waals surface area contributed by atoms with Crippen LogP contribution in [-0.2, 0) is 10.0 Å². The van der Waals surface area contributed by atoms with Crippen molar-refractivity contribution in [3.63, 3.8) is 0 Å². The van der Waals surface area contributed by atoms with Crippen molar-refractivity contribution in [1.29, 1.82) is 0 Å². The molecule has 3 aromatic rings. The van der Waals surface area contributed by atoms with Gasteiger partial charge in [-0.15, -0.1) is 0 Å². The summed E-state index contributed by atoms with van der Waals surface area (Å²) in [7, 11) is -3.57. The molecule has 1 fully saturated rings. The van der Waals surface area contributed by atoms with E-state index >= 15 is 0 Å². The molecule has 1 aromatic carbocycles. The van der Waals surface area contributed by atoms with E-state index in [-0.39, 0.29) is 11.5 Å². The van der Waals surface area contributed by atoms with Crippen LogP contribution in [0.15, 0.2) is 56.8 Å². The molecule has 0 radical (unpaired) electrons. The Labute approximate surface area is 162 Å². The zero-order valence-electron chi connectivity index (χ0n) is 15.3. The van der Waals surface area contributed by atoms with Gasteiger partial charge in [-0.05, 0) is 38.0 Å². The molecule has 8 nitrogen and oxygen atoms in total. The molecule has 0 aliphatic carbocycles. The van der Waals surface area contributed by atoms with Gasteiger partial charge in [0.25, 0.3) is 0 Å². The van der Waals surface area contributed by atoms with Crippen LogP contribution in [0.25, 0.3) is 11.4 Å². The Bertz CT molecular complexity index is 1110. The predicted molar refractivity (Wildman–Crippen MR) is 102 cm³/mol. The van der Waals surface area contributed by atoms with E-state index in [9.17, 15) is 13.2 Å². The van der Waals surface area contributed by atoms with Crippen molar-refractivity contribution in [2.24, 2.45) is 0 Å². The predicted octanol–water partition coefficient (Wildman–Crippen LogP) is 2.30. The average molecular weight is 400 g/mol. The van der Waals surface area contributed by atoms with E-state index in [1.165, 1.54) is 16.6 Å². The van der Waals surface area contributed by atoms with Crippen LogP contribution in [0.5, 0.6) is 0 Å². The van der Waals surface area contributed by atoms with Gasteiger partial charge in [-0.2, -0.15) is 9.29 Å². The van der Waals surface area contributed by atoms with Crippen LogP contribution >= 0.6 is 0 Å². The first-order valence-electron chi connectivity index (χ1n) is 9.03. The molecule has 0 amide bonds. The van der Waals surface area contributed by atoms with Crippen molar-refractivity contribution in [1.82, 2.24) is 19.4 Å². The van der Waals surface area contributed by atoms with Gasteiger partial charge in [0.2, 0.25) is 27.3 Å². The lowest BCUT2D eigenvalue weighted by Gasteiger charge is -2.30. The van der Waals surface area contributed by atoms with E-state index in [0.29, 0.717) is 41.7 Å². The maximum absolute atomic E-state index is 13.0. The Morgan fingerprint density at radius 3 is 2.68 bits per heavy atom. The number of aryl methyl sites for hydroxylation is 1. The number of rotatable bonds is 4. The topological polar surface area (TPSA) is 109 Å². The standard InChI is InChI=1S/C19H20N4O4S/c1-13-4-7-16(8-5-13)28(25,26)23-10-2-3-15(12-23)19-21-18(22-27-19)14-6-9-17(24)20-11-14/h4-9,11,15H,2-3,10,12H2,1H3,(H,20,24)/t15-/m0/s1. The molecule has 3 heterocycles. The highest BCUT2D eigenvalue weighted by Gasteiger charge is 2.33. The molecule has 146 valence electrons. The summed E-state index contributed by atoms with van der Waals surface area (Å²) >= 11 is 0. The fourth-order valence-electron chi connectivity index (χ4n) is 3.29. The fraction of sp³-hybridized carbons (Fsp3) is 0.316. The highest BCUT2D eigenvalue weighted by Crippen LogP contribution is 2.30. The maximum Gasteiger partial charge on any atom is 0.247 e. The summed E-state index contributed by atoms with van der Waals surface area (Å²) in [6, 6.07) is 9.86. The normalized spacial score (nSPS) is 18.2. The first-order valence-corrected chi connectivity index (χ1v) is 10.5. The van der Waals surface area contributed by atoms with E-state index in [4.69, 9.17) is 4.52 Å². The molecule has 4 rings (SSSR count). The Hall–Kier alpha value is -2.78. The van der Waals surface area contributed by atoms with Gasteiger partial charge in [0.1, 0.15) is 0 Å². The van der Waals surface area contributed by atoms with Gasteiger partial charge in [-0.3, -0.25) is 4.79 Å². The number of aromatic amines is 1. The van der Waals surface area contributed by atoms with E-state index in [1.807, 2.05) is 6.92 Å². The van der Waals surface area contributed by atoms with Crippen LogP contribution < -0.4 is 5.56 Å². The van der Waals surface area contributed by atoms with E-state index in [1.54, 1.807) is 30.3 Å². The minimum Gasteiger partial charge on any atom is -0.339 e. The lowest BCUT2D eigenvalue weighted by molar-refractivity contribution is 0.265. The zero-order valence-corrected chi connectivity index (χ0v) is 16.1. The van der Waals surface area contributed by atoms with Gasteiger partial charge in [-0.25, -0.2) is 8.42 Å². The first-order chi connectivity index (χ1) is 13.4. The van der Waals surface area contributed by atoms with Gasteiger partial charge in [-0.1, -0.05) is 22.9 Å². The number of sulfonamides is 1. The molecule has 0 saturated carbocycles. The van der Waals surface area contributed by atoms with Gasteiger partial charge in [0.05, 0.1) is 10.8 Å². The second-order valence-electron chi connectivity index (χ2n) is 6.91. The lowest BCUT2D eigenvalue weighted by Crippen LogP contribution is -2.39. The number of hydrogen-bond acceptors (Lipinski definition) is 6. The number of hydrogen-bond donors (Lipinski definition) is 1. The van der Waals surface area contributed by atoms with Crippen LogP contribution in [0.4, 0.5) is 0 Å². The van der Waals surface area contributed by atoms with Crippen molar-refractivity contribution in [3.8, 4) is 11.4 Å². The van der Waals surface area contributed by atoms with Crippen molar-refractivity contribution in [3.05, 3.63) is 64.4 Å². The largest absolute Gasteiger partial charge is 0.339 e. The van der Waals surface area contributed by atoms with Crippen molar-refractivity contribution in [2.75, 3.05) is 13.1 Å². The molecular weight excluding hydrogens is 380 g/mol. The minimum atomic E-state index is -3.57. The number of aromatic nitrogens is 3.